The molecular weight excluding hydrogens is 490 g/mol. The lowest BCUT2D eigenvalue weighted by atomic mass is 10.1. The Kier molecular flexibility index (Phi) is 9.21. The van der Waals surface area contributed by atoms with Crippen LogP contribution in [0.2, 0.25) is 0 Å². The van der Waals surface area contributed by atoms with E-state index in [4.69, 9.17) is 14.2 Å². The molecule has 0 atom stereocenters. The van der Waals surface area contributed by atoms with Gasteiger partial charge in [-0.25, -0.2) is 19.6 Å². The number of nitrogens with one attached hydrogen (secondary N) is 1. The Hall–Kier alpha value is -3.44. The van der Waals surface area contributed by atoms with Crippen molar-refractivity contribution in [3.63, 3.8) is 0 Å². The molecule has 3 aromatic rings. The largest absolute Gasteiger partial charge is 0.497 e. The number of hydrogen-bond acceptors (Lipinski definition) is 10. The van der Waals surface area contributed by atoms with Crippen molar-refractivity contribution in [1.82, 2.24) is 9.97 Å². The normalized spacial score (nSPS) is 10.5. The lowest BCUT2D eigenvalue weighted by molar-refractivity contribution is -0.113. The minimum atomic E-state index is -0.615. The first-order chi connectivity index (χ1) is 16.9. The highest BCUT2D eigenvalue weighted by Crippen LogP contribution is 2.34. The molecule has 0 aliphatic heterocycles. The smallest absolute Gasteiger partial charge is 0.348 e. The van der Waals surface area contributed by atoms with Crippen LogP contribution in [0.4, 0.5) is 5.00 Å². The Balaban J connectivity index is 1.73. The van der Waals surface area contributed by atoms with E-state index < -0.39 is 11.9 Å². The standard InChI is InChI=1S/C24H25N3O6S2/c1-5-32-22(29)19-14(3)20(23(30)33-6-2)35-21(19)27-18(28)13-34-24-25-12-11-17(26-24)15-7-9-16(31-4)10-8-15/h7-12H,5-6,13H2,1-4H3,(H,27,28). The van der Waals surface area contributed by atoms with E-state index in [0.29, 0.717) is 16.4 Å². The Bertz CT molecular complexity index is 1210. The van der Waals surface area contributed by atoms with Gasteiger partial charge in [0.05, 0.1) is 37.3 Å². The molecule has 184 valence electrons. The highest BCUT2D eigenvalue weighted by molar-refractivity contribution is 7.99. The zero-order chi connectivity index (χ0) is 25.4. The number of esters is 2. The Morgan fingerprint density at radius 3 is 2.37 bits per heavy atom. The van der Waals surface area contributed by atoms with Crippen LogP contribution in [-0.4, -0.2) is 53.9 Å². The molecule has 11 heteroatoms. The van der Waals surface area contributed by atoms with Gasteiger partial charge < -0.3 is 19.5 Å². The van der Waals surface area contributed by atoms with Gasteiger partial charge in [-0.15, -0.1) is 11.3 Å². The fourth-order valence-electron chi connectivity index (χ4n) is 3.07. The van der Waals surface area contributed by atoms with E-state index in [1.807, 2.05) is 24.3 Å². The number of thioether (sulfide) groups is 1. The average molecular weight is 516 g/mol. The summed E-state index contributed by atoms with van der Waals surface area (Å²) in [5, 5.41) is 3.38. The molecule has 1 aromatic carbocycles. The third-order valence-corrected chi connectivity index (χ3v) is 6.74. The van der Waals surface area contributed by atoms with Gasteiger partial charge in [-0.1, -0.05) is 11.8 Å². The molecule has 3 rings (SSSR count). The first-order valence-electron chi connectivity index (χ1n) is 10.8. The maximum Gasteiger partial charge on any atom is 0.348 e. The lowest BCUT2D eigenvalue weighted by Crippen LogP contribution is -2.16. The third-order valence-electron chi connectivity index (χ3n) is 4.69. The zero-order valence-electron chi connectivity index (χ0n) is 19.7. The number of aromatic nitrogens is 2. The van der Waals surface area contributed by atoms with Crippen LogP contribution in [0.15, 0.2) is 41.7 Å². The van der Waals surface area contributed by atoms with Crippen LogP contribution < -0.4 is 10.1 Å². The summed E-state index contributed by atoms with van der Waals surface area (Å²) in [5.74, 6) is -0.809. The maximum atomic E-state index is 12.7. The molecule has 0 radical (unpaired) electrons. The topological polar surface area (TPSA) is 117 Å². The van der Waals surface area contributed by atoms with Gasteiger partial charge in [0, 0.05) is 11.8 Å². The molecule has 35 heavy (non-hydrogen) atoms. The highest BCUT2D eigenvalue weighted by atomic mass is 32.2. The summed E-state index contributed by atoms with van der Waals surface area (Å²) >= 11 is 2.14. The molecular formula is C24H25N3O6S2. The summed E-state index contributed by atoms with van der Waals surface area (Å²) in [4.78, 5) is 46.5. The summed E-state index contributed by atoms with van der Waals surface area (Å²) in [5.41, 5.74) is 2.16. The molecule has 0 spiro atoms. The molecule has 0 bridgehead atoms. The van der Waals surface area contributed by atoms with E-state index in [2.05, 4.69) is 15.3 Å². The van der Waals surface area contributed by atoms with Crippen molar-refractivity contribution in [1.29, 1.82) is 0 Å². The van der Waals surface area contributed by atoms with Crippen LogP contribution in [0.5, 0.6) is 5.75 Å². The monoisotopic (exact) mass is 515 g/mol. The second-order valence-electron chi connectivity index (χ2n) is 6.99. The number of rotatable bonds is 10. The third kappa shape index (κ3) is 6.58. The van der Waals surface area contributed by atoms with Gasteiger partial charge >= 0.3 is 11.9 Å². The predicted octanol–water partition coefficient (Wildman–Crippen LogP) is 4.61. The number of nitrogens with zero attached hydrogens (tertiary/aromatic N) is 2. The summed E-state index contributed by atoms with van der Waals surface area (Å²) in [6.45, 7) is 5.35. The molecule has 2 aromatic heterocycles. The molecule has 0 fully saturated rings. The molecule has 0 aliphatic rings. The van der Waals surface area contributed by atoms with Gasteiger partial charge in [-0.3, -0.25) is 4.79 Å². The number of ether oxygens (including phenoxy) is 3. The number of hydrogen-bond donors (Lipinski definition) is 1. The zero-order valence-corrected chi connectivity index (χ0v) is 21.4. The molecule has 1 N–H and O–H groups in total. The van der Waals surface area contributed by atoms with Gasteiger partial charge in [0.25, 0.3) is 0 Å². The van der Waals surface area contributed by atoms with E-state index in [9.17, 15) is 14.4 Å². The second-order valence-corrected chi connectivity index (χ2v) is 8.95. The van der Waals surface area contributed by atoms with Gasteiger partial charge in [-0.05, 0) is 56.7 Å². The number of amides is 1. The van der Waals surface area contributed by atoms with Crippen molar-refractivity contribution in [3.8, 4) is 17.0 Å². The van der Waals surface area contributed by atoms with Crippen molar-refractivity contribution in [2.75, 3.05) is 31.4 Å². The molecule has 0 saturated heterocycles. The minimum absolute atomic E-state index is 0.0000185. The fraction of sp³-hybridized carbons (Fsp3) is 0.292. The summed E-state index contributed by atoms with van der Waals surface area (Å²) in [6, 6.07) is 9.24. The number of anilines is 1. The van der Waals surface area contributed by atoms with Crippen LogP contribution in [0.25, 0.3) is 11.3 Å². The molecule has 0 saturated carbocycles. The number of methoxy groups -OCH3 is 1. The van der Waals surface area contributed by atoms with Crippen molar-refractivity contribution >= 4 is 45.9 Å². The number of carbonyl (C=O) groups is 3. The van der Waals surface area contributed by atoms with Crippen molar-refractivity contribution in [3.05, 3.63) is 52.5 Å². The molecule has 2 heterocycles. The van der Waals surface area contributed by atoms with Crippen molar-refractivity contribution < 1.29 is 28.6 Å². The fourth-order valence-corrected chi connectivity index (χ4v) is 4.80. The van der Waals surface area contributed by atoms with Crippen LogP contribution in [0.3, 0.4) is 0 Å². The van der Waals surface area contributed by atoms with Gasteiger partial charge in [0.1, 0.15) is 15.6 Å². The minimum Gasteiger partial charge on any atom is -0.497 e. The first kappa shape index (κ1) is 26.2. The summed E-state index contributed by atoms with van der Waals surface area (Å²) < 4.78 is 15.4. The van der Waals surface area contributed by atoms with E-state index in [1.54, 1.807) is 40.1 Å². The number of benzene rings is 1. The second kappa shape index (κ2) is 12.3. The molecule has 1 amide bonds. The van der Waals surface area contributed by atoms with E-state index >= 15 is 0 Å². The Labute approximate surface area is 211 Å². The predicted molar refractivity (Wildman–Crippen MR) is 134 cm³/mol. The number of thiophene rings is 1. The molecule has 0 unspecified atom stereocenters. The van der Waals surface area contributed by atoms with Crippen molar-refractivity contribution in [2.45, 2.75) is 25.9 Å². The lowest BCUT2D eigenvalue weighted by Gasteiger charge is -2.07. The first-order valence-corrected chi connectivity index (χ1v) is 12.6. The Morgan fingerprint density at radius 1 is 1.03 bits per heavy atom. The van der Waals surface area contributed by atoms with Crippen LogP contribution in [0.1, 0.15) is 39.4 Å². The van der Waals surface area contributed by atoms with Crippen LogP contribution in [0, 0.1) is 6.92 Å². The number of carbonyl (C=O) groups excluding carboxylic acids is 3. The van der Waals surface area contributed by atoms with E-state index in [0.717, 1.165) is 34.4 Å². The van der Waals surface area contributed by atoms with Gasteiger partial charge in [0.15, 0.2) is 5.16 Å². The highest BCUT2D eigenvalue weighted by Gasteiger charge is 2.27. The van der Waals surface area contributed by atoms with Crippen molar-refractivity contribution in [2.24, 2.45) is 0 Å². The van der Waals surface area contributed by atoms with Gasteiger partial charge in [0.2, 0.25) is 5.91 Å². The molecule has 9 nitrogen and oxygen atoms in total. The Morgan fingerprint density at radius 2 is 1.71 bits per heavy atom. The van der Waals surface area contributed by atoms with E-state index in [1.165, 1.54) is 0 Å². The molecule has 0 aliphatic carbocycles. The van der Waals surface area contributed by atoms with Gasteiger partial charge in [-0.2, -0.15) is 0 Å². The SMILES string of the molecule is CCOC(=O)c1sc(NC(=O)CSc2nccc(-c3ccc(OC)cc3)n2)c(C(=O)OCC)c1C. The summed E-state index contributed by atoms with van der Waals surface area (Å²) in [6.07, 6.45) is 1.62. The average Bonchev–Trinajstić information content (AvgIpc) is 3.19. The van der Waals surface area contributed by atoms with Crippen LogP contribution in [-0.2, 0) is 14.3 Å². The summed E-state index contributed by atoms with van der Waals surface area (Å²) in [7, 11) is 1.60. The quantitative estimate of drug-likeness (QED) is 0.235. The maximum absolute atomic E-state index is 12.7. The van der Waals surface area contributed by atoms with Crippen LogP contribution >= 0.6 is 23.1 Å². The van der Waals surface area contributed by atoms with E-state index in [-0.39, 0.29) is 40.3 Å².